The molecule has 30 heavy (non-hydrogen) atoms. The van der Waals surface area contributed by atoms with Gasteiger partial charge in [0.15, 0.2) is 0 Å². The summed E-state index contributed by atoms with van der Waals surface area (Å²) in [6.45, 7) is 4.31. The topological polar surface area (TPSA) is 59.1 Å². The number of carbonyl (C=O) groups is 2. The molecule has 2 heterocycles. The van der Waals surface area contributed by atoms with Crippen LogP contribution in [0.1, 0.15) is 30.0 Å². The van der Waals surface area contributed by atoms with Crippen molar-refractivity contribution in [1.82, 2.24) is 4.90 Å². The number of nitrogens with zero attached hydrogens (tertiary/aromatic N) is 2. The van der Waals surface area contributed by atoms with Gasteiger partial charge in [0.2, 0.25) is 11.8 Å². The predicted molar refractivity (Wildman–Crippen MR) is 115 cm³/mol. The molecular weight excluding hydrogens is 380 g/mol. The summed E-state index contributed by atoms with van der Waals surface area (Å²) in [5.74, 6) is 0.465. The molecule has 2 saturated heterocycles. The van der Waals surface area contributed by atoms with Gasteiger partial charge in [-0.1, -0.05) is 35.9 Å². The van der Waals surface area contributed by atoms with Crippen LogP contribution < -0.4 is 9.64 Å². The maximum atomic E-state index is 13.6. The van der Waals surface area contributed by atoms with E-state index in [0.29, 0.717) is 44.9 Å². The van der Waals surface area contributed by atoms with E-state index in [2.05, 4.69) is 0 Å². The fourth-order valence-corrected chi connectivity index (χ4v) is 4.45. The highest BCUT2D eigenvalue weighted by atomic mass is 16.5. The fourth-order valence-electron chi connectivity index (χ4n) is 4.45. The minimum absolute atomic E-state index is 0.0285. The molecule has 0 spiro atoms. The summed E-state index contributed by atoms with van der Waals surface area (Å²) in [4.78, 5) is 30.4. The molecule has 0 N–H and O–H groups in total. The summed E-state index contributed by atoms with van der Waals surface area (Å²) < 4.78 is 11.1. The zero-order valence-electron chi connectivity index (χ0n) is 17.5. The molecule has 0 saturated carbocycles. The minimum Gasteiger partial charge on any atom is -0.496 e. The lowest BCUT2D eigenvalue weighted by Gasteiger charge is -2.43. The van der Waals surface area contributed by atoms with Gasteiger partial charge in [0, 0.05) is 30.8 Å². The Morgan fingerprint density at radius 1 is 1.07 bits per heavy atom. The van der Waals surface area contributed by atoms with Crippen LogP contribution in [0.4, 0.5) is 5.69 Å². The van der Waals surface area contributed by atoms with Crippen LogP contribution >= 0.6 is 0 Å². The van der Waals surface area contributed by atoms with E-state index < -0.39 is 6.04 Å². The highest BCUT2D eigenvalue weighted by Crippen LogP contribution is 2.43. The number of carbonyl (C=O) groups excluding carboxylic acids is 2. The molecule has 0 aliphatic carbocycles. The fraction of sp³-hybridized carbons (Fsp3) is 0.417. The second-order valence-corrected chi connectivity index (χ2v) is 7.87. The number of amides is 2. The van der Waals surface area contributed by atoms with Crippen LogP contribution in [0, 0.1) is 12.8 Å². The number of aryl methyl sites for hydroxylation is 1. The minimum atomic E-state index is -0.416. The molecule has 0 radical (unpaired) electrons. The number of rotatable bonds is 4. The Morgan fingerprint density at radius 2 is 1.77 bits per heavy atom. The number of methoxy groups -OCH3 is 1. The van der Waals surface area contributed by atoms with Crippen LogP contribution in [-0.4, -0.2) is 50.1 Å². The molecule has 2 amide bonds. The Labute approximate surface area is 177 Å². The third-order valence-corrected chi connectivity index (χ3v) is 6.01. The van der Waals surface area contributed by atoms with E-state index in [9.17, 15) is 9.59 Å². The van der Waals surface area contributed by atoms with Gasteiger partial charge in [-0.2, -0.15) is 0 Å². The molecule has 0 aromatic heterocycles. The number of morpholine rings is 1. The molecule has 158 valence electrons. The number of para-hydroxylation sites is 1. The lowest BCUT2D eigenvalue weighted by Crippen LogP contribution is -2.51. The van der Waals surface area contributed by atoms with Crippen LogP contribution in [-0.2, 0) is 14.3 Å². The second kappa shape index (κ2) is 8.88. The van der Waals surface area contributed by atoms with Crippen molar-refractivity contribution in [3.8, 4) is 5.75 Å². The first kappa shape index (κ1) is 20.4. The van der Waals surface area contributed by atoms with Crippen LogP contribution in [0.25, 0.3) is 0 Å². The highest BCUT2D eigenvalue weighted by Gasteiger charge is 2.44. The first-order valence-corrected chi connectivity index (χ1v) is 10.5. The Morgan fingerprint density at radius 3 is 2.47 bits per heavy atom. The van der Waals surface area contributed by atoms with Crippen LogP contribution in [0.3, 0.4) is 0 Å². The average Bonchev–Trinajstić information content (AvgIpc) is 2.79. The normalized spacial score (nSPS) is 22.1. The summed E-state index contributed by atoms with van der Waals surface area (Å²) in [5.41, 5.74) is 2.79. The molecule has 2 unspecified atom stereocenters. The first-order valence-electron chi connectivity index (χ1n) is 10.5. The number of hydrogen-bond acceptors (Lipinski definition) is 4. The number of ether oxygens (including phenoxy) is 2. The Balaban J connectivity index is 1.79. The molecule has 2 atom stereocenters. The van der Waals surface area contributed by atoms with Gasteiger partial charge < -0.3 is 19.3 Å². The van der Waals surface area contributed by atoms with E-state index >= 15 is 0 Å². The Hall–Kier alpha value is -2.86. The third-order valence-electron chi connectivity index (χ3n) is 6.01. The van der Waals surface area contributed by atoms with Crippen molar-refractivity contribution in [2.45, 2.75) is 25.8 Å². The molecular formula is C24H28N2O4. The summed E-state index contributed by atoms with van der Waals surface area (Å²) in [5, 5.41) is 0. The number of hydrogen-bond donors (Lipinski definition) is 0. The number of piperidine rings is 1. The smallest absolute Gasteiger partial charge is 0.228 e. The van der Waals surface area contributed by atoms with E-state index in [1.165, 1.54) is 0 Å². The van der Waals surface area contributed by atoms with Gasteiger partial charge in [0.05, 0.1) is 32.3 Å². The maximum Gasteiger partial charge on any atom is 0.228 e. The van der Waals surface area contributed by atoms with Gasteiger partial charge in [-0.15, -0.1) is 0 Å². The van der Waals surface area contributed by atoms with Crippen molar-refractivity contribution in [2.24, 2.45) is 5.92 Å². The molecule has 2 aliphatic heterocycles. The predicted octanol–water partition coefficient (Wildman–Crippen LogP) is 3.35. The van der Waals surface area contributed by atoms with Gasteiger partial charge >= 0.3 is 0 Å². The molecule has 2 aromatic rings. The number of benzene rings is 2. The van der Waals surface area contributed by atoms with E-state index in [0.717, 1.165) is 16.8 Å². The quantitative estimate of drug-likeness (QED) is 0.779. The molecule has 2 fully saturated rings. The Bertz CT molecular complexity index is 906. The maximum absolute atomic E-state index is 13.6. The zero-order chi connectivity index (χ0) is 21.1. The van der Waals surface area contributed by atoms with E-state index in [1.54, 1.807) is 12.0 Å². The van der Waals surface area contributed by atoms with Crippen molar-refractivity contribution >= 4 is 17.5 Å². The average molecular weight is 408 g/mol. The summed E-state index contributed by atoms with van der Waals surface area (Å²) in [6, 6.07) is 15.2. The van der Waals surface area contributed by atoms with Gasteiger partial charge in [0.1, 0.15) is 5.75 Å². The van der Waals surface area contributed by atoms with Crippen LogP contribution in [0.5, 0.6) is 5.75 Å². The lowest BCUT2D eigenvalue weighted by molar-refractivity contribution is -0.142. The molecule has 4 rings (SSSR count). The molecule has 2 aromatic carbocycles. The van der Waals surface area contributed by atoms with Crippen molar-refractivity contribution in [3.05, 3.63) is 59.7 Å². The first-order chi connectivity index (χ1) is 14.6. The monoisotopic (exact) mass is 408 g/mol. The van der Waals surface area contributed by atoms with E-state index in [1.807, 2.05) is 60.4 Å². The standard InChI is InChI=1S/C24H28N2O4/c1-17-7-9-18(10-8-17)26-22(27)12-11-20(24(28)25-13-15-30-16-14-25)23(26)19-5-3-4-6-21(19)29-2/h3-10,20,23H,11-16H2,1-2H3. The molecule has 6 nitrogen and oxygen atoms in total. The van der Waals surface area contributed by atoms with Gasteiger partial charge in [-0.3, -0.25) is 9.59 Å². The lowest BCUT2D eigenvalue weighted by atomic mass is 9.82. The summed E-state index contributed by atoms with van der Waals surface area (Å²) >= 11 is 0. The van der Waals surface area contributed by atoms with Crippen molar-refractivity contribution < 1.29 is 19.1 Å². The Kier molecular flexibility index (Phi) is 6.04. The summed E-state index contributed by atoms with van der Waals surface area (Å²) in [6.07, 6.45) is 0.875. The van der Waals surface area contributed by atoms with Gasteiger partial charge in [-0.05, 0) is 31.5 Å². The largest absolute Gasteiger partial charge is 0.496 e. The van der Waals surface area contributed by atoms with E-state index in [4.69, 9.17) is 9.47 Å². The second-order valence-electron chi connectivity index (χ2n) is 7.87. The third kappa shape index (κ3) is 3.92. The van der Waals surface area contributed by atoms with Crippen molar-refractivity contribution in [2.75, 3.05) is 38.3 Å². The van der Waals surface area contributed by atoms with Gasteiger partial charge in [-0.25, -0.2) is 0 Å². The van der Waals surface area contributed by atoms with Gasteiger partial charge in [0.25, 0.3) is 0 Å². The highest BCUT2D eigenvalue weighted by molar-refractivity contribution is 5.97. The van der Waals surface area contributed by atoms with Crippen LogP contribution in [0.2, 0.25) is 0 Å². The van der Waals surface area contributed by atoms with Crippen molar-refractivity contribution in [1.29, 1.82) is 0 Å². The zero-order valence-corrected chi connectivity index (χ0v) is 17.5. The molecule has 2 aliphatic rings. The van der Waals surface area contributed by atoms with Crippen molar-refractivity contribution in [3.63, 3.8) is 0 Å². The molecule has 6 heteroatoms. The molecule has 0 bridgehead atoms. The number of anilines is 1. The SMILES string of the molecule is COc1ccccc1C1C(C(=O)N2CCOCC2)CCC(=O)N1c1ccc(C)cc1. The van der Waals surface area contributed by atoms with E-state index in [-0.39, 0.29) is 17.7 Å². The van der Waals surface area contributed by atoms with Crippen LogP contribution in [0.15, 0.2) is 48.5 Å². The summed E-state index contributed by atoms with van der Waals surface area (Å²) in [7, 11) is 1.62.